The number of benzene rings is 1. The van der Waals surface area contributed by atoms with E-state index < -0.39 is 0 Å². The molecule has 0 fully saturated rings. The van der Waals surface area contributed by atoms with Crippen molar-refractivity contribution in [3.8, 4) is 5.75 Å². The van der Waals surface area contributed by atoms with Gasteiger partial charge in [-0.15, -0.1) is 0 Å². The first-order chi connectivity index (χ1) is 8.78. The third-order valence-corrected chi connectivity index (χ3v) is 2.81. The van der Waals surface area contributed by atoms with Crippen LogP contribution in [0.1, 0.15) is 5.56 Å². The summed E-state index contributed by atoms with van der Waals surface area (Å²) in [7, 11) is 0. The predicted octanol–water partition coefficient (Wildman–Crippen LogP) is 2.39. The molecule has 0 spiro atoms. The van der Waals surface area contributed by atoms with E-state index in [9.17, 15) is 0 Å². The minimum absolute atomic E-state index is 0.0262. The Balaban J connectivity index is 1.85. The number of nitrogens with one attached hydrogen (secondary N) is 1. The van der Waals surface area contributed by atoms with Crippen molar-refractivity contribution in [2.45, 2.75) is 12.5 Å². The highest BCUT2D eigenvalue weighted by molar-refractivity contribution is 6.30. The number of nitrogens with two attached hydrogens (primary N) is 1. The molecule has 1 heterocycles. The van der Waals surface area contributed by atoms with Crippen molar-refractivity contribution in [3.63, 3.8) is 0 Å². The van der Waals surface area contributed by atoms with Gasteiger partial charge in [-0.05, 0) is 42.3 Å². The van der Waals surface area contributed by atoms with Gasteiger partial charge in [0.15, 0.2) is 0 Å². The predicted molar refractivity (Wildman–Crippen MR) is 70.5 cm³/mol. The Morgan fingerprint density at radius 3 is 2.67 bits per heavy atom. The average molecular weight is 267 g/mol. The number of hydrogen-bond acceptors (Lipinski definition) is 4. The molecule has 1 atom stereocenters. The van der Waals surface area contributed by atoms with Gasteiger partial charge in [-0.3, -0.25) is 11.3 Å². The average Bonchev–Trinajstić information content (AvgIpc) is 2.89. The number of halogens is 1. The van der Waals surface area contributed by atoms with Crippen LogP contribution in [0, 0.1) is 0 Å². The molecule has 0 aliphatic rings. The van der Waals surface area contributed by atoms with Gasteiger partial charge in [-0.25, -0.2) is 0 Å². The molecule has 0 aliphatic heterocycles. The van der Waals surface area contributed by atoms with Crippen LogP contribution >= 0.6 is 11.6 Å². The molecule has 96 valence electrons. The van der Waals surface area contributed by atoms with E-state index >= 15 is 0 Å². The summed E-state index contributed by atoms with van der Waals surface area (Å²) in [5.74, 6) is 6.27. The standard InChI is InChI=1S/C13H15ClN2O2/c14-11-1-3-13(4-2-11)18-9-12(16-15)7-10-5-6-17-8-10/h1-6,8,12,16H,7,9,15H2. The molecule has 0 saturated carbocycles. The molecule has 5 heteroatoms. The molecule has 0 saturated heterocycles. The molecule has 0 bridgehead atoms. The van der Waals surface area contributed by atoms with Gasteiger partial charge in [0.1, 0.15) is 12.4 Å². The van der Waals surface area contributed by atoms with Crippen LogP contribution in [0.15, 0.2) is 47.3 Å². The molecule has 0 aliphatic carbocycles. The minimum atomic E-state index is 0.0262. The van der Waals surface area contributed by atoms with Crippen LogP contribution in [-0.4, -0.2) is 12.6 Å². The first-order valence-corrected chi connectivity index (χ1v) is 6.01. The zero-order chi connectivity index (χ0) is 12.8. The minimum Gasteiger partial charge on any atom is -0.492 e. The molecule has 2 rings (SSSR count). The smallest absolute Gasteiger partial charge is 0.119 e. The summed E-state index contributed by atoms with van der Waals surface area (Å²) >= 11 is 5.80. The molecule has 4 nitrogen and oxygen atoms in total. The fourth-order valence-electron chi connectivity index (χ4n) is 1.59. The Bertz CT molecular complexity index is 456. The van der Waals surface area contributed by atoms with Crippen molar-refractivity contribution in [1.29, 1.82) is 0 Å². The van der Waals surface area contributed by atoms with E-state index in [4.69, 9.17) is 26.6 Å². The number of hydrogen-bond donors (Lipinski definition) is 2. The molecular formula is C13H15ClN2O2. The summed E-state index contributed by atoms with van der Waals surface area (Å²) in [6.45, 7) is 0.476. The largest absolute Gasteiger partial charge is 0.492 e. The third kappa shape index (κ3) is 3.77. The molecule has 0 amide bonds. The van der Waals surface area contributed by atoms with Gasteiger partial charge in [0.05, 0.1) is 18.6 Å². The second-order valence-corrected chi connectivity index (χ2v) is 4.40. The second-order valence-electron chi connectivity index (χ2n) is 3.96. The maximum Gasteiger partial charge on any atom is 0.119 e. The molecule has 1 aromatic carbocycles. The Hall–Kier alpha value is -1.49. The van der Waals surface area contributed by atoms with E-state index in [2.05, 4.69) is 5.43 Å². The topological polar surface area (TPSA) is 60.4 Å². The zero-order valence-electron chi connectivity index (χ0n) is 9.80. The SMILES string of the molecule is NNC(COc1ccc(Cl)cc1)Cc1ccoc1. The van der Waals surface area contributed by atoms with Crippen LogP contribution in [-0.2, 0) is 6.42 Å². The van der Waals surface area contributed by atoms with E-state index in [0.717, 1.165) is 17.7 Å². The highest BCUT2D eigenvalue weighted by Crippen LogP contribution is 2.16. The molecule has 18 heavy (non-hydrogen) atoms. The van der Waals surface area contributed by atoms with Crippen LogP contribution in [0.2, 0.25) is 5.02 Å². The summed E-state index contributed by atoms with van der Waals surface area (Å²) < 4.78 is 10.6. The Kier molecular flexibility index (Phi) is 4.64. The van der Waals surface area contributed by atoms with Crippen LogP contribution in [0.3, 0.4) is 0 Å². The van der Waals surface area contributed by atoms with E-state index in [1.165, 1.54) is 0 Å². The van der Waals surface area contributed by atoms with Crippen molar-refractivity contribution in [3.05, 3.63) is 53.4 Å². The van der Waals surface area contributed by atoms with Crippen molar-refractivity contribution >= 4 is 11.6 Å². The van der Waals surface area contributed by atoms with E-state index in [0.29, 0.717) is 11.6 Å². The van der Waals surface area contributed by atoms with E-state index in [-0.39, 0.29) is 6.04 Å². The Labute approximate surface area is 111 Å². The zero-order valence-corrected chi connectivity index (χ0v) is 10.6. The molecular weight excluding hydrogens is 252 g/mol. The van der Waals surface area contributed by atoms with Gasteiger partial charge in [-0.1, -0.05) is 11.6 Å². The fraction of sp³-hybridized carbons (Fsp3) is 0.231. The molecule has 1 unspecified atom stereocenters. The number of rotatable bonds is 6. The van der Waals surface area contributed by atoms with Gasteiger partial charge in [0, 0.05) is 5.02 Å². The Morgan fingerprint density at radius 2 is 2.06 bits per heavy atom. The third-order valence-electron chi connectivity index (χ3n) is 2.56. The van der Waals surface area contributed by atoms with E-state index in [1.807, 2.05) is 18.2 Å². The van der Waals surface area contributed by atoms with Crippen LogP contribution < -0.4 is 16.0 Å². The molecule has 2 aromatic rings. The lowest BCUT2D eigenvalue weighted by molar-refractivity contribution is 0.264. The highest BCUT2D eigenvalue weighted by atomic mass is 35.5. The lowest BCUT2D eigenvalue weighted by Gasteiger charge is -2.16. The summed E-state index contributed by atoms with van der Waals surface area (Å²) in [6, 6.07) is 9.17. The van der Waals surface area contributed by atoms with Gasteiger partial charge < -0.3 is 9.15 Å². The lowest BCUT2D eigenvalue weighted by atomic mass is 10.1. The quantitative estimate of drug-likeness (QED) is 0.623. The van der Waals surface area contributed by atoms with Crippen molar-refractivity contribution in [2.75, 3.05) is 6.61 Å². The van der Waals surface area contributed by atoms with Gasteiger partial charge >= 0.3 is 0 Å². The summed E-state index contributed by atoms with van der Waals surface area (Å²) in [5.41, 5.74) is 3.81. The number of ether oxygens (including phenoxy) is 1. The summed E-state index contributed by atoms with van der Waals surface area (Å²) in [4.78, 5) is 0. The van der Waals surface area contributed by atoms with E-state index in [1.54, 1.807) is 24.7 Å². The molecule has 3 N–H and O–H groups in total. The van der Waals surface area contributed by atoms with Crippen molar-refractivity contribution in [2.24, 2.45) is 5.84 Å². The molecule has 1 aromatic heterocycles. The second kappa shape index (κ2) is 6.44. The first-order valence-electron chi connectivity index (χ1n) is 5.63. The van der Waals surface area contributed by atoms with Gasteiger partial charge in [0.25, 0.3) is 0 Å². The van der Waals surface area contributed by atoms with Gasteiger partial charge in [0.2, 0.25) is 0 Å². The van der Waals surface area contributed by atoms with Crippen molar-refractivity contribution in [1.82, 2.24) is 5.43 Å². The van der Waals surface area contributed by atoms with Crippen LogP contribution in [0.5, 0.6) is 5.75 Å². The van der Waals surface area contributed by atoms with Crippen molar-refractivity contribution < 1.29 is 9.15 Å². The summed E-state index contributed by atoms with van der Waals surface area (Å²) in [5, 5.41) is 0.689. The van der Waals surface area contributed by atoms with Crippen LogP contribution in [0.25, 0.3) is 0 Å². The Morgan fingerprint density at radius 1 is 1.28 bits per heavy atom. The van der Waals surface area contributed by atoms with Crippen LogP contribution in [0.4, 0.5) is 0 Å². The number of furan rings is 1. The maximum absolute atomic E-state index is 5.80. The fourth-order valence-corrected chi connectivity index (χ4v) is 1.71. The monoisotopic (exact) mass is 266 g/mol. The number of hydrazine groups is 1. The normalized spacial score (nSPS) is 12.3. The van der Waals surface area contributed by atoms with Gasteiger partial charge in [-0.2, -0.15) is 0 Å². The summed E-state index contributed by atoms with van der Waals surface area (Å²) in [6.07, 6.45) is 4.09. The highest BCUT2D eigenvalue weighted by Gasteiger charge is 2.09. The lowest BCUT2D eigenvalue weighted by Crippen LogP contribution is -2.41. The maximum atomic E-state index is 5.80. The first kappa shape index (κ1) is 13.0. The molecule has 0 radical (unpaired) electrons.